The molecule has 0 atom stereocenters. The van der Waals surface area contributed by atoms with Crippen molar-refractivity contribution in [2.75, 3.05) is 18.5 Å². The smallest absolute Gasteiger partial charge is 0.419 e. The Morgan fingerprint density at radius 2 is 2.33 bits per heavy atom. The number of fused-ring (bicyclic) bond motifs is 1. The fraction of sp³-hybridized carbons (Fsp3) is 0.167. The van der Waals surface area contributed by atoms with Gasteiger partial charge in [0.2, 0.25) is 0 Å². The van der Waals surface area contributed by atoms with Crippen molar-refractivity contribution in [1.82, 2.24) is 24.1 Å². The third-order valence-electron chi connectivity index (χ3n) is 2.68. The van der Waals surface area contributed by atoms with Crippen LogP contribution >= 0.6 is 15.9 Å². The quantitative estimate of drug-likeness (QED) is 0.722. The molecule has 0 radical (unpaired) electrons. The molecule has 8 nitrogen and oxygen atoms in total. The zero-order valence-electron chi connectivity index (χ0n) is 10.8. The fourth-order valence-corrected chi connectivity index (χ4v) is 2.06. The molecule has 0 amide bonds. The van der Waals surface area contributed by atoms with Gasteiger partial charge in [-0.15, -0.1) is 0 Å². The average molecular weight is 351 g/mol. The molecular weight excluding hydrogens is 340 g/mol. The van der Waals surface area contributed by atoms with Crippen molar-refractivity contribution in [1.29, 1.82) is 0 Å². The maximum absolute atomic E-state index is 11.5. The maximum atomic E-state index is 11.5. The van der Waals surface area contributed by atoms with Gasteiger partial charge in [0.05, 0.1) is 17.2 Å². The van der Waals surface area contributed by atoms with Crippen molar-refractivity contribution < 1.29 is 9.53 Å². The Bertz CT molecular complexity index is 754. The number of nitrogens with zero attached hydrogens (tertiary/aromatic N) is 5. The van der Waals surface area contributed by atoms with Gasteiger partial charge in [0.15, 0.2) is 5.65 Å². The Labute approximate surface area is 127 Å². The molecule has 0 aliphatic rings. The number of anilines is 1. The van der Waals surface area contributed by atoms with E-state index in [2.05, 4.69) is 36.3 Å². The second kappa shape index (κ2) is 5.92. The molecule has 0 aliphatic heterocycles. The van der Waals surface area contributed by atoms with Gasteiger partial charge in [-0.3, -0.25) is 0 Å². The number of carbonyl (C=O) groups excluding carboxylic acids is 1. The molecule has 3 rings (SSSR count). The van der Waals surface area contributed by atoms with E-state index in [0.717, 1.165) is 10.1 Å². The van der Waals surface area contributed by atoms with Crippen LogP contribution in [-0.4, -0.2) is 43.4 Å². The van der Waals surface area contributed by atoms with Crippen LogP contribution in [0.1, 0.15) is 0 Å². The molecule has 9 heteroatoms. The minimum absolute atomic E-state index is 0.226. The summed E-state index contributed by atoms with van der Waals surface area (Å²) in [5, 5.41) is 7.19. The molecule has 0 unspecified atom stereocenters. The van der Waals surface area contributed by atoms with Crippen LogP contribution in [-0.2, 0) is 4.74 Å². The Balaban J connectivity index is 1.52. The van der Waals surface area contributed by atoms with Gasteiger partial charge in [0.25, 0.3) is 0 Å². The number of nitrogens with one attached hydrogen (secondary N) is 1. The van der Waals surface area contributed by atoms with Crippen LogP contribution in [0.25, 0.3) is 5.65 Å². The third kappa shape index (κ3) is 3.02. The van der Waals surface area contributed by atoms with Crippen LogP contribution in [0.15, 0.2) is 41.7 Å². The molecule has 21 heavy (non-hydrogen) atoms. The molecule has 0 bridgehead atoms. The van der Waals surface area contributed by atoms with E-state index >= 15 is 0 Å². The second-order valence-electron chi connectivity index (χ2n) is 4.08. The zero-order chi connectivity index (χ0) is 14.7. The highest BCUT2D eigenvalue weighted by Crippen LogP contribution is 2.16. The van der Waals surface area contributed by atoms with Gasteiger partial charge in [-0.2, -0.15) is 5.10 Å². The van der Waals surface area contributed by atoms with E-state index in [1.807, 2.05) is 0 Å². The Morgan fingerprint density at radius 1 is 1.43 bits per heavy atom. The van der Waals surface area contributed by atoms with E-state index in [4.69, 9.17) is 4.74 Å². The number of ether oxygens (including phenoxy) is 1. The topological polar surface area (TPSA) is 86.3 Å². The van der Waals surface area contributed by atoms with Gasteiger partial charge in [0.1, 0.15) is 18.8 Å². The summed E-state index contributed by atoms with van der Waals surface area (Å²) in [4.78, 5) is 19.7. The molecule has 1 N–H and O–H groups in total. The highest BCUT2D eigenvalue weighted by molar-refractivity contribution is 9.10. The molecule has 0 aliphatic carbocycles. The Kier molecular flexibility index (Phi) is 3.82. The molecule has 0 fully saturated rings. The summed E-state index contributed by atoms with van der Waals surface area (Å²) in [6.45, 7) is 0.680. The van der Waals surface area contributed by atoms with E-state index in [9.17, 15) is 4.79 Å². The highest BCUT2D eigenvalue weighted by Gasteiger charge is 2.05. The standard InChI is InChI=1S/C12H11BrN6O2/c13-9-7-16-19-4-1-10(17-11(9)19)15-3-6-21-12(20)18-5-2-14-8-18/h1-2,4-5,7-8H,3,6H2,(H,15,17). The van der Waals surface area contributed by atoms with Crippen LogP contribution in [0.5, 0.6) is 0 Å². The van der Waals surface area contributed by atoms with Crippen LogP contribution in [0, 0.1) is 0 Å². The fourth-order valence-electron chi connectivity index (χ4n) is 1.70. The lowest BCUT2D eigenvalue weighted by Crippen LogP contribution is -2.17. The van der Waals surface area contributed by atoms with Crippen molar-refractivity contribution in [2.45, 2.75) is 0 Å². The molecule has 0 saturated carbocycles. The molecule has 3 aromatic heterocycles. The number of halogens is 1. The van der Waals surface area contributed by atoms with Crippen LogP contribution in [0.4, 0.5) is 10.6 Å². The number of imidazole rings is 1. The molecule has 0 aromatic carbocycles. The number of rotatable bonds is 4. The van der Waals surface area contributed by atoms with Crippen LogP contribution in [0.2, 0.25) is 0 Å². The van der Waals surface area contributed by atoms with Crippen LogP contribution in [0.3, 0.4) is 0 Å². The average Bonchev–Trinajstić information content (AvgIpc) is 3.14. The lowest BCUT2D eigenvalue weighted by Gasteiger charge is -2.07. The minimum atomic E-state index is -0.462. The normalized spacial score (nSPS) is 10.7. The summed E-state index contributed by atoms with van der Waals surface area (Å²) < 4.78 is 8.82. The van der Waals surface area contributed by atoms with Crippen molar-refractivity contribution in [3.8, 4) is 0 Å². The molecular formula is C12H11BrN6O2. The maximum Gasteiger partial charge on any atom is 0.419 e. The van der Waals surface area contributed by atoms with Gasteiger partial charge >= 0.3 is 6.09 Å². The third-order valence-corrected chi connectivity index (χ3v) is 3.23. The van der Waals surface area contributed by atoms with Gasteiger partial charge in [0, 0.05) is 18.6 Å². The van der Waals surface area contributed by atoms with E-state index in [0.29, 0.717) is 12.4 Å². The largest absolute Gasteiger partial charge is 0.447 e. The van der Waals surface area contributed by atoms with Gasteiger partial charge < -0.3 is 10.1 Å². The predicted octanol–water partition coefficient (Wildman–Crippen LogP) is 1.79. The first-order valence-corrected chi connectivity index (χ1v) is 6.92. The van der Waals surface area contributed by atoms with Crippen LogP contribution < -0.4 is 5.32 Å². The molecule has 108 valence electrons. The first kappa shape index (κ1) is 13.6. The predicted molar refractivity (Wildman–Crippen MR) is 78.1 cm³/mol. The summed E-state index contributed by atoms with van der Waals surface area (Å²) in [7, 11) is 0. The number of aromatic nitrogens is 5. The second-order valence-corrected chi connectivity index (χ2v) is 4.94. The lowest BCUT2D eigenvalue weighted by molar-refractivity contribution is 0.152. The van der Waals surface area contributed by atoms with E-state index < -0.39 is 6.09 Å². The summed E-state index contributed by atoms with van der Waals surface area (Å²) in [5.74, 6) is 0.683. The van der Waals surface area contributed by atoms with Crippen molar-refractivity contribution in [3.63, 3.8) is 0 Å². The summed E-state index contributed by atoms with van der Waals surface area (Å²) in [5.41, 5.74) is 0.718. The summed E-state index contributed by atoms with van der Waals surface area (Å²) >= 11 is 3.37. The number of carbonyl (C=O) groups is 1. The van der Waals surface area contributed by atoms with E-state index in [1.165, 1.54) is 23.3 Å². The number of hydrogen-bond donors (Lipinski definition) is 1. The SMILES string of the molecule is O=C(OCCNc1ccn2ncc(Br)c2n1)n1ccnc1. The van der Waals surface area contributed by atoms with Gasteiger partial charge in [-0.05, 0) is 22.0 Å². The molecule has 0 saturated heterocycles. The van der Waals surface area contributed by atoms with Crippen molar-refractivity contribution in [2.24, 2.45) is 0 Å². The molecule has 3 heterocycles. The van der Waals surface area contributed by atoms with E-state index in [-0.39, 0.29) is 6.61 Å². The summed E-state index contributed by atoms with van der Waals surface area (Å²) in [6, 6.07) is 1.80. The van der Waals surface area contributed by atoms with Crippen molar-refractivity contribution in [3.05, 3.63) is 41.7 Å². The monoisotopic (exact) mass is 350 g/mol. The molecule has 0 spiro atoms. The first-order chi connectivity index (χ1) is 10.2. The van der Waals surface area contributed by atoms with E-state index in [1.54, 1.807) is 23.0 Å². The summed E-state index contributed by atoms with van der Waals surface area (Å²) in [6.07, 6.45) is 7.45. The zero-order valence-corrected chi connectivity index (χ0v) is 12.4. The minimum Gasteiger partial charge on any atom is -0.447 e. The first-order valence-electron chi connectivity index (χ1n) is 6.13. The highest BCUT2D eigenvalue weighted by atomic mass is 79.9. The van der Waals surface area contributed by atoms with Gasteiger partial charge in [-0.1, -0.05) is 0 Å². The lowest BCUT2D eigenvalue weighted by atomic mass is 10.5. The van der Waals surface area contributed by atoms with Gasteiger partial charge in [-0.25, -0.2) is 23.8 Å². The molecule has 3 aromatic rings. The van der Waals surface area contributed by atoms with Crippen molar-refractivity contribution >= 4 is 33.5 Å². The number of hydrogen-bond acceptors (Lipinski definition) is 6. The Morgan fingerprint density at radius 3 is 3.14 bits per heavy atom. The Hall–Kier alpha value is -2.42.